The zero-order valence-corrected chi connectivity index (χ0v) is 46.1. The maximum atomic E-state index is 13.0. The number of aliphatic carboxylic acids is 1. The number of nitrogens with zero attached hydrogens (tertiary/aromatic N) is 3. The molecule has 8 rings (SSSR count). The minimum absolute atomic E-state index is 0.0884. The summed E-state index contributed by atoms with van der Waals surface area (Å²) in [5.41, 5.74) is 13.4. The molecule has 0 saturated carbocycles. The third-order valence-corrected chi connectivity index (χ3v) is 16.2. The van der Waals surface area contributed by atoms with Crippen LogP contribution in [0.5, 0.6) is 5.75 Å². The molecule has 79 heavy (non-hydrogen) atoms. The maximum Gasteiger partial charge on any atom is 0.326 e. The smallest absolute Gasteiger partial charge is 0.326 e. The van der Waals surface area contributed by atoms with Crippen LogP contribution in [0.3, 0.4) is 0 Å². The fourth-order valence-corrected chi connectivity index (χ4v) is 11.8. The summed E-state index contributed by atoms with van der Waals surface area (Å²) in [4.78, 5) is 61.8. The van der Waals surface area contributed by atoms with Crippen LogP contribution < -0.4 is 31.6 Å². The molecule has 2 amide bonds. The zero-order chi connectivity index (χ0) is 56.9. The molecule has 0 spiro atoms. The lowest BCUT2D eigenvalue weighted by atomic mass is 9.81. The van der Waals surface area contributed by atoms with Crippen molar-refractivity contribution in [2.45, 2.75) is 102 Å². The number of aromatic nitrogens is 3. The second kappa shape index (κ2) is 23.7. The SMILES string of the molecule is CC1(C)C(/C=C/C2=C(Oc3ccc(C[C@H](NC(=O)CNC(=O)Cc4cc5c(=O)[nH]c(N)nc5[nH]4)C(=O)O)cc3)C(=C/C=C3/N(CCCCS(=O)(=O)[O-])c4ccccc4C3(C)C)/CCC2)=[N+](CCCCS(=O)(=O)O)c2ccccc21. The van der Waals surface area contributed by atoms with E-state index in [0.29, 0.717) is 61.5 Å². The number of carboxylic acids is 1. The largest absolute Gasteiger partial charge is 0.748 e. The van der Waals surface area contributed by atoms with Crippen LogP contribution in [0.1, 0.15) is 95.0 Å². The number of H-pyrrole nitrogens is 2. The van der Waals surface area contributed by atoms with Crippen molar-refractivity contribution in [2.24, 2.45) is 0 Å². The number of anilines is 2. The number of nitrogen functional groups attached to an aromatic ring is 1. The van der Waals surface area contributed by atoms with Gasteiger partial charge in [-0.25, -0.2) is 13.2 Å². The van der Waals surface area contributed by atoms with Gasteiger partial charge in [0, 0.05) is 65.3 Å². The number of fused-ring (bicyclic) bond motifs is 3. The number of rotatable bonds is 23. The van der Waals surface area contributed by atoms with Gasteiger partial charge in [0.1, 0.15) is 29.7 Å². The summed E-state index contributed by atoms with van der Waals surface area (Å²) < 4.78 is 76.2. The molecule has 0 radical (unpaired) electrons. The monoisotopic (exact) mass is 1120 g/mol. The fraction of sp³-hybridized carbons (Fsp3) is 0.368. The van der Waals surface area contributed by atoms with Gasteiger partial charge >= 0.3 is 5.97 Å². The van der Waals surface area contributed by atoms with Gasteiger partial charge in [0.2, 0.25) is 23.5 Å². The highest BCUT2D eigenvalue weighted by Gasteiger charge is 2.44. The molecule has 418 valence electrons. The molecule has 22 heteroatoms. The summed E-state index contributed by atoms with van der Waals surface area (Å²) in [6.07, 6.45) is 11.6. The number of carboxylic acid groups (broad SMARTS) is 1. The number of hydrogen-bond acceptors (Lipinski definition) is 13. The molecule has 1 aliphatic carbocycles. The Bertz CT molecular complexity index is 3630. The molecule has 5 aromatic rings. The minimum atomic E-state index is -4.37. The van der Waals surface area contributed by atoms with E-state index in [1.165, 1.54) is 6.07 Å². The molecule has 3 aromatic carbocycles. The molecule has 0 fully saturated rings. The van der Waals surface area contributed by atoms with Gasteiger partial charge in [-0.15, -0.1) is 0 Å². The van der Waals surface area contributed by atoms with Crippen LogP contribution in [0, 0.1) is 0 Å². The van der Waals surface area contributed by atoms with Crippen molar-refractivity contribution in [3.05, 3.63) is 159 Å². The first kappa shape index (κ1) is 57.5. The quantitative estimate of drug-likeness (QED) is 0.0213. The van der Waals surface area contributed by atoms with Crippen molar-refractivity contribution >= 4 is 72.1 Å². The lowest BCUT2D eigenvalue weighted by molar-refractivity contribution is -0.438. The van der Waals surface area contributed by atoms with Gasteiger partial charge < -0.3 is 40.6 Å². The normalized spacial score (nSPS) is 17.4. The zero-order valence-electron chi connectivity index (χ0n) is 44.5. The number of hydrogen-bond donors (Lipinski definition) is 7. The molecular weight excluding hydrogens is 1050 g/mol. The Balaban J connectivity index is 1.06. The third-order valence-electron chi connectivity index (χ3n) is 14.6. The molecule has 8 N–H and O–H groups in total. The summed E-state index contributed by atoms with van der Waals surface area (Å²) in [5.74, 6) is -2.36. The number of carbonyl (C=O) groups excluding carboxylic acids is 2. The van der Waals surface area contributed by atoms with E-state index < -0.39 is 72.7 Å². The van der Waals surface area contributed by atoms with Gasteiger partial charge in [-0.2, -0.15) is 18.0 Å². The number of amides is 2. The van der Waals surface area contributed by atoms with E-state index in [-0.39, 0.29) is 48.4 Å². The van der Waals surface area contributed by atoms with Gasteiger partial charge in [-0.05, 0) is 111 Å². The average molecular weight is 1120 g/mol. The Hall–Kier alpha value is -7.66. The van der Waals surface area contributed by atoms with Gasteiger partial charge in [-0.1, -0.05) is 68.5 Å². The lowest BCUT2D eigenvalue weighted by Gasteiger charge is -2.28. The summed E-state index contributed by atoms with van der Waals surface area (Å²) >= 11 is 0. The summed E-state index contributed by atoms with van der Waals surface area (Å²) in [6, 6.07) is 23.2. The topological polar surface area (TPSA) is 310 Å². The van der Waals surface area contributed by atoms with Crippen LogP contribution in [-0.2, 0) is 58.3 Å². The predicted octanol–water partition coefficient (Wildman–Crippen LogP) is 6.36. The van der Waals surface area contributed by atoms with Crippen LogP contribution in [0.15, 0.2) is 131 Å². The van der Waals surface area contributed by atoms with E-state index >= 15 is 0 Å². The molecular formula is C57H66N8O12S2. The van der Waals surface area contributed by atoms with Crippen LogP contribution in [0.25, 0.3) is 11.0 Å². The van der Waals surface area contributed by atoms with Crippen molar-refractivity contribution in [3.8, 4) is 5.75 Å². The second-order valence-electron chi connectivity index (χ2n) is 21.1. The first-order valence-corrected chi connectivity index (χ1v) is 29.3. The molecule has 20 nitrogen and oxygen atoms in total. The van der Waals surface area contributed by atoms with Crippen molar-refractivity contribution in [3.63, 3.8) is 0 Å². The molecule has 2 aromatic heterocycles. The molecule has 0 unspecified atom stereocenters. The lowest BCUT2D eigenvalue weighted by Crippen LogP contribution is -2.46. The Morgan fingerprint density at radius 3 is 2.32 bits per heavy atom. The number of carbonyl (C=O) groups is 3. The molecule has 4 heterocycles. The number of nitrogens with two attached hydrogens (primary N) is 1. The number of nitrogens with one attached hydrogen (secondary N) is 4. The van der Waals surface area contributed by atoms with Gasteiger partial charge in [0.25, 0.3) is 15.7 Å². The molecule has 0 bridgehead atoms. The van der Waals surface area contributed by atoms with Crippen LogP contribution in [0.4, 0.5) is 17.3 Å². The maximum absolute atomic E-state index is 13.0. The van der Waals surface area contributed by atoms with E-state index in [2.05, 4.69) is 99.2 Å². The van der Waals surface area contributed by atoms with Crippen LogP contribution >= 0.6 is 0 Å². The second-order valence-corrected chi connectivity index (χ2v) is 24.2. The molecule has 2 aliphatic heterocycles. The van der Waals surface area contributed by atoms with Gasteiger partial charge in [0.15, 0.2) is 5.71 Å². The third kappa shape index (κ3) is 14.0. The van der Waals surface area contributed by atoms with Gasteiger partial charge in [0.05, 0.1) is 39.6 Å². The average Bonchev–Trinajstić information content (AvgIpc) is 4.13. The van der Waals surface area contributed by atoms with E-state index in [9.17, 15) is 50.2 Å². The van der Waals surface area contributed by atoms with Crippen molar-refractivity contribution in [1.82, 2.24) is 25.6 Å². The number of aromatic amines is 2. The molecule has 1 atom stereocenters. The van der Waals surface area contributed by atoms with Crippen LogP contribution in [-0.4, -0.2) is 111 Å². The number of allylic oxidation sites excluding steroid dienone is 7. The summed E-state index contributed by atoms with van der Waals surface area (Å²) in [5, 5.41) is 15.3. The number of para-hydroxylation sites is 2. The Kier molecular flexibility index (Phi) is 17.3. The highest BCUT2D eigenvalue weighted by Crippen LogP contribution is 2.48. The summed E-state index contributed by atoms with van der Waals surface area (Å²) in [7, 11) is -8.49. The highest BCUT2D eigenvalue weighted by atomic mass is 32.2. The standard InChI is InChI=1S/C57H66N8O12S2/c1-56(2)42-16-5-7-18-45(42)64(28-9-11-30-78(71,72)73)47(56)26-22-37-14-13-15-38(23-27-48-57(3,4)43-17-6-8-19-46(43)65(48)29-10-12-31-79(74,75)76)51(37)77-40-24-20-36(21-25-40)32-44(54(69)70)61-50(67)35-59-49(66)34-39-33-41-52(60-39)62-55(58)63-53(41)68/h5-8,16-27,33,44H,9-15,28-32,34-35H2,1-4H3,(H8-,58,59,60,61,62,63,66,67,68,69,70,71,72,73,74,75,76)/t44-/m0/s1. The Morgan fingerprint density at radius 2 is 1.59 bits per heavy atom. The van der Waals surface area contributed by atoms with Gasteiger partial charge in [-0.3, -0.25) is 23.9 Å². The molecule has 3 aliphatic rings. The summed E-state index contributed by atoms with van der Waals surface area (Å²) in [6.45, 7) is 9.08. The minimum Gasteiger partial charge on any atom is -0.748 e. The first-order chi connectivity index (χ1) is 37.4. The number of benzene rings is 3. The Morgan fingerprint density at radius 1 is 0.886 bits per heavy atom. The number of ether oxygens (including phenoxy) is 1. The van der Waals surface area contributed by atoms with Crippen molar-refractivity contribution < 1.29 is 54.7 Å². The van der Waals surface area contributed by atoms with Crippen molar-refractivity contribution in [1.29, 1.82) is 0 Å². The van der Waals surface area contributed by atoms with Crippen molar-refractivity contribution in [2.75, 3.05) is 41.8 Å². The Labute approximate surface area is 458 Å². The molecule has 0 saturated heterocycles. The fourth-order valence-electron chi connectivity index (χ4n) is 10.7. The predicted molar refractivity (Wildman–Crippen MR) is 300 cm³/mol. The van der Waals surface area contributed by atoms with Crippen LogP contribution in [0.2, 0.25) is 0 Å². The van der Waals surface area contributed by atoms with E-state index in [1.807, 2.05) is 36.4 Å². The highest BCUT2D eigenvalue weighted by molar-refractivity contribution is 7.85. The number of unbranched alkanes of at least 4 members (excludes halogenated alkanes) is 2. The van der Waals surface area contributed by atoms with E-state index in [0.717, 1.165) is 51.5 Å². The van der Waals surface area contributed by atoms with E-state index in [1.54, 1.807) is 24.3 Å². The first-order valence-electron chi connectivity index (χ1n) is 26.1. The van der Waals surface area contributed by atoms with E-state index in [4.69, 9.17) is 10.5 Å².